The number of aryl methyl sites for hydroxylation is 1. The topological polar surface area (TPSA) is 50.4 Å². The number of hydrogen-bond acceptors (Lipinski definition) is 2. The van der Waals surface area contributed by atoms with E-state index >= 15 is 0 Å². The second-order valence-electron chi connectivity index (χ2n) is 5.03. The molecule has 0 bridgehead atoms. The Morgan fingerprint density at radius 2 is 1.87 bits per heavy atom. The van der Waals surface area contributed by atoms with Gasteiger partial charge >= 0.3 is 6.03 Å². The van der Waals surface area contributed by atoms with Crippen LogP contribution in [0.2, 0.25) is 5.02 Å². The van der Waals surface area contributed by atoms with Crippen molar-refractivity contribution in [1.82, 2.24) is 5.32 Å². The number of rotatable bonds is 7. The van der Waals surface area contributed by atoms with Crippen molar-refractivity contribution >= 4 is 23.3 Å². The SMILES string of the molecule is CCOc1ccccc1CCCNC(=O)Nc1ccc(Cl)cc1. The number of carbonyl (C=O) groups excluding carboxylic acids is 1. The Kier molecular flexibility index (Phi) is 6.76. The van der Waals surface area contributed by atoms with Gasteiger partial charge in [0.1, 0.15) is 5.75 Å². The predicted octanol–water partition coefficient (Wildman–Crippen LogP) is 4.49. The summed E-state index contributed by atoms with van der Waals surface area (Å²) in [6.07, 6.45) is 1.70. The lowest BCUT2D eigenvalue weighted by Crippen LogP contribution is -2.29. The van der Waals surface area contributed by atoms with Gasteiger partial charge in [-0.2, -0.15) is 0 Å². The molecule has 23 heavy (non-hydrogen) atoms. The molecule has 0 fully saturated rings. The van der Waals surface area contributed by atoms with Crippen molar-refractivity contribution in [3.8, 4) is 5.75 Å². The highest BCUT2D eigenvalue weighted by molar-refractivity contribution is 6.30. The van der Waals surface area contributed by atoms with Gasteiger partial charge in [-0.05, 0) is 55.7 Å². The van der Waals surface area contributed by atoms with Gasteiger partial charge in [-0.3, -0.25) is 0 Å². The quantitative estimate of drug-likeness (QED) is 0.734. The van der Waals surface area contributed by atoms with Crippen molar-refractivity contribution in [2.75, 3.05) is 18.5 Å². The van der Waals surface area contributed by atoms with Crippen LogP contribution in [-0.4, -0.2) is 19.2 Å². The zero-order valence-electron chi connectivity index (χ0n) is 13.1. The predicted molar refractivity (Wildman–Crippen MR) is 94.4 cm³/mol. The number of amides is 2. The van der Waals surface area contributed by atoms with Gasteiger partial charge < -0.3 is 15.4 Å². The Hall–Kier alpha value is -2.20. The molecule has 0 aliphatic rings. The van der Waals surface area contributed by atoms with Crippen LogP contribution in [0, 0.1) is 0 Å². The third kappa shape index (κ3) is 5.83. The first-order chi connectivity index (χ1) is 11.2. The molecule has 2 aromatic carbocycles. The fourth-order valence-corrected chi connectivity index (χ4v) is 2.32. The van der Waals surface area contributed by atoms with Crippen LogP contribution in [0.4, 0.5) is 10.5 Å². The first kappa shape index (κ1) is 17.2. The Balaban J connectivity index is 1.73. The van der Waals surface area contributed by atoms with E-state index in [4.69, 9.17) is 16.3 Å². The van der Waals surface area contributed by atoms with Gasteiger partial charge in [0.05, 0.1) is 6.61 Å². The number of anilines is 1. The molecule has 0 heterocycles. The molecule has 0 saturated heterocycles. The van der Waals surface area contributed by atoms with Crippen molar-refractivity contribution in [1.29, 1.82) is 0 Å². The number of urea groups is 1. The Labute approximate surface area is 141 Å². The van der Waals surface area contributed by atoms with E-state index < -0.39 is 0 Å². The molecule has 0 unspecified atom stereocenters. The normalized spacial score (nSPS) is 10.2. The zero-order chi connectivity index (χ0) is 16.5. The van der Waals surface area contributed by atoms with Gasteiger partial charge in [0.25, 0.3) is 0 Å². The van der Waals surface area contributed by atoms with E-state index in [9.17, 15) is 4.79 Å². The van der Waals surface area contributed by atoms with Crippen LogP contribution in [-0.2, 0) is 6.42 Å². The molecule has 0 aliphatic heterocycles. The molecule has 0 saturated carbocycles. The van der Waals surface area contributed by atoms with E-state index in [1.54, 1.807) is 24.3 Å². The molecule has 0 atom stereocenters. The lowest BCUT2D eigenvalue weighted by atomic mass is 10.1. The van der Waals surface area contributed by atoms with Crippen LogP contribution in [0.1, 0.15) is 18.9 Å². The smallest absolute Gasteiger partial charge is 0.319 e. The molecule has 5 heteroatoms. The average molecular weight is 333 g/mol. The maximum atomic E-state index is 11.8. The van der Waals surface area contributed by atoms with Crippen molar-refractivity contribution < 1.29 is 9.53 Å². The summed E-state index contributed by atoms with van der Waals surface area (Å²) in [6, 6.07) is 14.8. The molecule has 2 aromatic rings. The van der Waals surface area contributed by atoms with Crippen LogP contribution < -0.4 is 15.4 Å². The fourth-order valence-electron chi connectivity index (χ4n) is 2.20. The summed E-state index contributed by atoms with van der Waals surface area (Å²) in [7, 11) is 0. The van der Waals surface area contributed by atoms with Crippen LogP contribution in [0.15, 0.2) is 48.5 Å². The van der Waals surface area contributed by atoms with E-state index in [2.05, 4.69) is 16.7 Å². The van der Waals surface area contributed by atoms with Gasteiger partial charge in [-0.25, -0.2) is 4.79 Å². The standard InChI is InChI=1S/C18H21ClN2O2/c1-2-23-17-8-4-3-6-14(17)7-5-13-20-18(22)21-16-11-9-15(19)10-12-16/h3-4,6,8-12H,2,5,7,13H2,1H3,(H2,20,21,22). The lowest BCUT2D eigenvalue weighted by Gasteiger charge is -2.10. The maximum absolute atomic E-state index is 11.8. The second kappa shape index (κ2) is 9.06. The summed E-state index contributed by atoms with van der Waals surface area (Å²) in [5.41, 5.74) is 1.88. The summed E-state index contributed by atoms with van der Waals surface area (Å²) in [4.78, 5) is 11.8. The largest absolute Gasteiger partial charge is 0.494 e. The van der Waals surface area contributed by atoms with Crippen LogP contribution >= 0.6 is 11.6 Å². The molecule has 0 spiro atoms. The van der Waals surface area contributed by atoms with E-state index in [1.165, 1.54) is 0 Å². The van der Waals surface area contributed by atoms with Crippen molar-refractivity contribution in [2.45, 2.75) is 19.8 Å². The molecule has 4 nitrogen and oxygen atoms in total. The van der Waals surface area contributed by atoms with Crippen molar-refractivity contribution in [3.63, 3.8) is 0 Å². The van der Waals surface area contributed by atoms with E-state index in [1.807, 2.05) is 25.1 Å². The summed E-state index contributed by atoms with van der Waals surface area (Å²) in [6.45, 7) is 3.22. The molecule has 0 aromatic heterocycles. The molecule has 0 radical (unpaired) electrons. The number of ether oxygens (including phenoxy) is 1. The summed E-state index contributed by atoms with van der Waals surface area (Å²) in [5, 5.41) is 6.25. The van der Waals surface area contributed by atoms with Gasteiger partial charge in [-0.15, -0.1) is 0 Å². The van der Waals surface area contributed by atoms with Gasteiger partial charge in [0.2, 0.25) is 0 Å². The lowest BCUT2D eigenvalue weighted by molar-refractivity contribution is 0.252. The van der Waals surface area contributed by atoms with Gasteiger partial charge in [0.15, 0.2) is 0 Å². The third-order valence-electron chi connectivity index (χ3n) is 3.28. The van der Waals surface area contributed by atoms with Crippen LogP contribution in [0.25, 0.3) is 0 Å². The molecule has 0 aliphatic carbocycles. The highest BCUT2D eigenvalue weighted by Gasteiger charge is 2.04. The Morgan fingerprint density at radius 1 is 1.13 bits per heavy atom. The highest BCUT2D eigenvalue weighted by Crippen LogP contribution is 2.19. The summed E-state index contributed by atoms with van der Waals surface area (Å²) >= 11 is 5.81. The number of halogens is 1. The van der Waals surface area contributed by atoms with E-state index in [0.717, 1.165) is 24.2 Å². The van der Waals surface area contributed by atoms with Gasteiger partial charge in [0, 0.05) is 17.3 Å². The first-order valence-corrected chi connectivity index (χ1v) is 8.08. The fraction of sp³-hybridized carbons (Fsp3) is 0.278. The number of hydrogen-bond donors (Lipinski definition) is 2. The zero-order valence-corrected chi connectivity index (χ0v) is 13.9. The molecule has 2 N–H and O–H groups in total. The second-order valence-corrected chi connectivity index (χ2v) is 5.47. The van der Waals surface area contributed by atoms with Crippen LogP contribution in [0.5, 0.6) is 5.75 Å². The molecule has 122 valence electrons. The van der Waals surface area contributed by atoms with Gasteiger partial charge in [-0.1, -0.05) is 29.8 Å². The van der Waals surface area contributed by atoms with Crippen molar-refractivity contribution in [2.24, 2.45) is 0 Å². The minimum absolute atomic E-state index is 0.217. The van der Waals surface area contributed by atoms with E-state index in [-0.39, 0.29) is 6.03 Å². The highest BCUT2D eigenvalue weighted by atomic mass is 35.5. The molecule has 2 amide bonds. The molecule has 2 rings (SSSR count). The van der Waals surface area contributed by atoms with Crippen LogP contribution in [0.3, 0.4) is 0 Å². The summed E-state index contributed by atoms with van der Waals surface area (Å²) < 4.78 is 5.59. The maximum Gasteiger partial charge on any atom is 0.319 e. The first-order valence-electron chi connectivity index (χ1n) is 7.70. The minimum Gasteiger partial charge on any atom is -0.494 e. The molecular weight excluding hydrogens is 312 g/mol. The number of benzene rings is 2. The molecular formula is C18H21ClN2O2. The van der Waals surface area contributed by atoms with Crippen molar-refractivity contribution in [3.05, 3.63) is 59.1 Å². The average Bonchev–Trinajstić information content (AvgIpc) is 2.55. The Bertz CT molecular complexity index is 629. The summed E-state index contributed by atoms with van der Waals surface area (Å²) in [5.74, 6) is 0.917. The number of carbonyl (C=O) groups is 1. The Morgan fingerprint density at radius 3 is 2.61 bits per heavy atom. The monoisotopic (exact) mass is 332 g/mol. The number of nitrogens with one attached hydrogen (secondary N) is 2. The van der Waals surface area contributed by atoms with E-state index in [0.29, 0.717) is 23.9 Å². The number of para-hydroxylation sites is 1. The third-order valence-corrected chi connectivity index (χ3v) is 3.53. The minimum atomic E-state index is -0.217.